The summed E-state index contributed by atoms with van der Waals surface area (Å²) in [5.41, 5.74) is -0.292. The van der Waals surface area contributed by atoms with Crippen LogP contribution in [0.2, 0.25) is 10.0 Å². The first-order chi connectivity index (χ1) is 9.47. The summed E-state index contributed by atoms with van der Waals surface area (Å²) < 4.78 is 4.10. The third-order valence-corrected chi connectivity index (χ3v) is 3.98. The number of fused-ring (bicyclic) bond motifs is 1. The van der Waals surface area contributed by atoms with Gasteiger partial charge in [0, 0.05) is 23.1 Å². The largest absolute Gasteiger partial charge is 0.351 e. The van der Waals surface area contributed by atoms with Gasteiger partial charge >= 0.3 is 11.4 Å². The first kappa shape index (κ1) is 13.5. The molecule has 0 fully saturated rings. The fraction of sp³-hybridized carbons (Fsp3) is 0.385. The fourth-order valence-electron chi connectivity index (χ4n) is 2.53. The van der Waals surface area contributed by atoms with Crippen LogP contribution in [-0.4, -0.2) is 13.9 Å². The number of benzene rings is 1. The summed E-state index contributed by atoms with van der Waals surface area (Å²) in [6.45, 7) is 3.17. The van der Waals surface area contributed by atoms with E-state index >= 15 is 0 Å². The second-order valence-electron chi connectivity index (χ2n) is 5.13. The maximum Gasteiger partial charge on any atom is 0.351 e. The van der Waals surface area contributed by atoms with Crippen LogP contribution in [0.1, 0.15) is 13.3 Å². The highest BCUT2D eigenvalue weighted by atomic mass is 35.5. The van der Waals surface area contributed by atoms with Crippen molar-refractivity contribution in [1.82, 2.24) is 13.9 Å². The van der Waals surface area contributed by atoms with Gasteiger partial charge in [-0.15, -0.1) is 0 Å². The van der Waals surface area contributed by atoms with Crippen LogP contribution >= 0.6 is 23.2 Å². The van der Waals surface area contributed by atoms with Crippen molar-refractivity contribution in [2.45, 2.75) is 26.4 Å². The summed E-state index contributed by atoms with van der Waals surface area (Å²) in [5, 5.41) is 0.780. The summed E-state index contributed by atoms with van der Waals surface area (Å²) in [7, 11) is 0. The molecule has 0 saturated carbocycles. The van der Waals surface area contributed by atoms with Gasteiger partial charge in [-0.1, -0.05) is 30.1 Å². The van der Waals surface area contributed by atoms with E-state index in [0.29, 0.717) is 34.7 Å². The number of hydrogen-bond acceptors (Lipinski definition) is 2. The molecule has 1 aromatic heterocycles. The Hall–Kier alpha value is -1.46. The quantitative estimate of drug-likeness (QED) is 0.810. The lowest BCUT2D eigenvalue weighted by molar-refractivity contribution is 0.274. The van der Waals surface area contributed by atoms with E-state index in [9.17, 15) is 9.59 Å². The lowest BCUT2D eigenvalue weighted by Gasteiger charge is -2.20. The summed E-state index contributed by atoms with van der Waals surface area (Å²) in [6.07, 6.45) is 0.889. The number of halogens is 2. The molecule has 106 valence electrons. The maximum atomic E-state index is 12.4. The number of aromatic nitrogens is 3. The van der Waals surface area contributed by atoms with E-state index in [1.807, 2.05) is 0 Å². The first-order valence-corrected chi connectivity index (χ1v) is 7.12. The molecule has 0 spiro atoms. The molecule has 0 radical (unpaired) electrons. The third kappa shape index (κ3) is 2.11. The van der Waals surface area contributed by atoms with E-state index < -0.39 is 0 Å². The molecule has 3 rings (SSSR count). The molecule has 5 nitrogen and oxygen atoms in total. The van der Waals surface area contributed by atoms with Gasteiger partial charge in [0.1, 0.15) is 0 Å². The van der Waals surface area contributed by atoms with Crippen LogP contribution in [-0.2, 0) is 13.1 Å². The number of rotatable bonds is 1. The van der Waals surface area contributed by atoms with Gasteiger partial charge in [-0.05, 0) is 30.5 Å². The molecular weight excluding hydrogens is 301 g/mol. The van der Waals surface area contributed by atoms with Crippen LogP contribution in [0.25, 0.3) is 5.69 Å². The average Bonchev–Trinajstić information content (AvgIpc) is 2.60. The van der Waals surface area contributed by atoms with Crippen LogP contribution in [0.15, 0.2) is 27.8 Å². The average molecular weight is 314 g/mol. The highest BCUT2D eigenvalue weighted by Gasteiger charge is 2.22. The van der Waals surface area contributed by atoms with Gasteiger partial charge < -0.3 is 0 Å². The molecule has 2 heterocycles. The van der Waals surface area contributed by atoms with E-state index in [0.717, 1.165) is 11.0 Å². The molecule has 0 aliphatic carbocycles. The van der Waals surface area contributed by atoms with Crippen LogP contribution < -0.4 is 11.4 Å². The van der Waals surface area contributed by atoms with Crippen molar-refractivity contribution in [1.29, 1.82) is 0 Å². The topological polar surface area (TPSA) is 48.9 Å². The first-order valence-electron chi connectivity index (χ1n) is 6.36. The standard InChI is InChI=1S/C13H13Cl2N3O2/c1-8-2-3-16-12(19)18(13(20)17(16)7-8)11-5-9(14)4-10(15)6-11/h4-6,8H,2-3,7H2,1H3. The lowest BCUT2D eigenvalue weighted by Crippen LogP contribution is -2.34. The molecule has 20 heavy (non-hydrogen) atoms. The Morgan fingerprint density at radius 3 is 2.30 bits per heavy atom. The second kappa shape index (κ2) is 4.82. The predicted octanol–water partition coefficient (Wildman–Crippen LogP) is 2.15. The van der Waals surface area contributed by atoms with E-state index in [-0.39, 0.29) is 11.4 Å². The van der Waals surface area contributed by atoms with Gasteiger partial charge in [0.05, 0.1) is 5.69 Å². The summed E-state index contributed by atoms with van der Waals surface area (Å²) >= 11 is 11.9. The Balaban J connectivity index is 2.25. The minimum absolute atomic E-state index is 0.347. The van der Waals surface area contributed by atoms with Crippen LogP contribution in [0.5, 0.6) is 0 Å². The van der Waals surface area contributed by atoms with Crippen molar-refractivity contribution < 1.29 is 0 Å². The van der Waals surface area contributed by atoms with Crippen molar-refractivity contribution >= 4 is 23.2 Å². The van der Waals surface area contributed by atoms with Gasteiger partial charge in [-0.3, -0.25) is 0 Å². The molecule has 1 aromatic carbocycles. The zero-order valence-corrected chi connectivity index (χ0v) is 12.4. The molecule has 1 atom stereocenters. The molecule has 1 unspecified atom stereocenters. The molecule has 1 aliphatic heterocycles. The van der Waals surface area contributed by atoms with E-state index in [1.54, 1.807) is 18.2 Å². The van der Waals surface area contributed by atoms with Gasteiger partial charge in [-0.25, -0.2) is 23.5 Å². The molecule has 0 amide bonds. The summed E-state index contributed by atoms with van der Waals surface area (Å²) in [6, 6.07) is 4.69. The molecule has 2 aromatic rings. The highest BCUT2D eigenvalue weighted by Crippen LogP contribution is 2.20. The third-order valence-electron chi connectivity index (χ3n) is 3.54. The predicted molar refractivity (Wildman–Crippen MR) is 78.1 cm³/mol. The summed E-state index contributed by atoms with van der Waals surface area (Å²) in [4.78, 5) is 24.8. The van der Waals surface area contributed by atoms with E-state index in [4.69, 9.17) is 23.2 Å². The summed E-state index contributed by atoms with van der Waals surface area (Å²) in [5.74, 6) is 0.380. The highest BCUT2D eigenvalue weighted by molar-refractivity contribution is 6.34. The molecule has 0 bridgehead atoms. The Bertz CT molecular complexity index is 768. The fourth-order valence-corrected chi connectivity index (χ4v) is 3.05. The van der Waals surface area contributed by atoms with Gasteiger partial charge in [0.2, 0.25) is 0 Å². The van der Waals surface area contributed by atoms with Gasteiger partial charge in [0.25, 0.3) is 0 Å². The van der Waals surface area contributed by atoms with Gasteiger partial charge in [-0.2, -0.15) is 0 Å². The minimum atomic E-state index is -0.347. The molecule has 7 heteroatoms. The Morgan fingerprint density at radius 1 is 1.05 bits per heavy atom. The van der Waals surface area contributed by atoms with Crippen LogP contribution in [0.3, 0.4) is 0 Å². The van der Waals surface area contributed by atoms with E-state index in [2.05, 4.69) is 6.92 Å². The molecule has 0 N–H and O–H groups in total. The molecule has 1 aliphatic rings. The molecular formula is C13H13Cl2N3O2. The van der Waals surface area contributed by atoms with Crippen molar-refractivity contribution in [2.75, 3.05) is 0 Å². The van der Waals surface area contributed by atoms with Gasteiger partial charge in [0.15, 0.2) is 0 Å². The second-order valence-corrected chi connectivity index (χ2v) is 6.00. The Labute approximate surface area is 124 Å². The Kier molecular flexibility index (Phi) is 3.26. The monoisotopic (exact) mass is 313 g/mol. The van der Waals surface area contributed by atoms with Crippen molar-refractivity contribution in [3.63, 3.8) is 0 Å². The van der Waals surface area contributed by atoms with E-state index in [1.165, 1.54) is 9.36 Å². The smallest absolute Gasteiger partial charge is 0.246 e. The van der Waals surface area contributed by atoms with Crippen molar-refractivity contribution in [3.8, 4) is 5.69 Å². The maximum absolute atomic E-state index is 12.4. The lowest BCUT2D eigenvalue weighted by atomic mass is 10.1. The zero-order chi connectivity index (χ0) is 14.4. The normalized spacial score (nSPS) is 18.1. The molecule has 0 saturated heterocycles. The van der Waals surface area contributed by atoms with Crippen LogP contribution in [0, 0.1) is 5.92 Å². The zero-order valence-electron chi connectivity index (χ0n) is 10.8. The number of nitrogens with zero attached hydrogens (tertiary/aromatic N) is 3. The van der Waals surface area contributed by atoms with Crippen LogP contribution in [0.4, 0.5) is 0 Å². The SMILES string of the molecule is CC1CCn2c(=O)n(-c3cc(Cl)cc(Cl)c3)c(=O)n2C1. The number of hydrogen-bond donors (Lipinski definition) is 0. The van der Waals surface area contributed by atoms with Crippen molar-refractivity contribution in [3.05, 3.63) is 49.2 Å². The van der Waals surface area contributed by atoms with Crippen molar-refractivity contribution in [2.24, 2.45) is 5.92 Å². The Morgan fingerprint density at radius 2 is 1.65 bits per heavy atom. The minimum Gasteiger partial charge on any atom is -0.246 e.